The maximum absolute atomic E-state index is 5.88. The first-order valence-electron chi connectivity index (χ1n) is 8.78. The van der Waals surface area contributed by atoms with Gasteiger partial charge in [-0.1, -0.05) is 26.8 Å². The molecule has 2 rings (SSSR count). The van der Waals surface area contributed by atoms with E-state index in [9.17, 15) is 0 Å². The van der Waals surface area contributed by atoms with Gasteiger partial charge in [0, 0.05) is 25.8 Å². The third-order valence-electron chi connectivity index (χ3n) is 4.38. The summed E-state index contributed by atoms with van der Waals surface area (Å²) in [6, 6.07) is 4.20. The molecule has 5 nitrogen and oxygen atoms in total. The summed E-state index contributed by atoms with van der Waals surface area (Å²) < 4.78 is 0. The second-order valence-corrected chi connectivity index (χ2v) is 7.00. The molecule has 1 aromatic rings. The van der Waals surface area contributed by atoms with Gasteiger partial charge in [0.1, 0.15) is 5.82 Å². The maximum Gasteiger partial charge on any atom is 0.188 e. The van der Waals surface area contributed by atoms with E-state index in [-0.39, 0.29) is 24.0 Å². The highest BCUT2D eigenvalue weighted by molar-refractivity contribution is 14.0. The molecule has 2 heterocycles. The molecule has 6 heteroatoms. The topological polar surface area (TPSA) is 66.5 Å². The number of piperidine rings is 1. The number of guanidine groups is 1. The number of nitrogens with zero attached hydrogens (tertiary/aromatic N) is 3. The molecule has 0 aliphatic carbocycles. The lowest BCUT2D eigenvalue weighted by Crippen LogP contribution is -2.33. The Morgan fingerprint density at radius 3 is 2.67 bits per heavy atom. The van der Waals surface area contributed by atoms with Crippen molar-refractivity contribution in [3.8, 4) is 0 Å². The first kappa shape index (κ1) is 21.0. The quantitative estimate of drug-likeness (QED) is 0.400. The van der Waals surface area contributed by atoms with E-state index in [1.54, 1.807) is 0 Å². The number of hydrogen-bond donors (Lipinski definition) is 2. The molecular weight excluding hydrogens is 413 g/mol. The van der Waals surface area contributed by atoms with Crippen molar-refractivity contribution >= 4 is 35.8 Å². The van der Waals surface area contributed by atoms with Crippen molar-refractivity contribution in [3.63, 3.8) is 0 Å². The lowest BCUT2D eigenvalue weighted by molar-refractivity contribution is 0.436. The molecule has 0 aromatic carbocycles. The maximum atomic E-state index is 5.88. The fourth-order valence-electron chi connectivity index (χ4n) is 2.66. The van der Waals surface area contributed by atoms with Crippen molar-refractivity contribution in [2.24, 2.45) is 22.6 Å². The monoisotopic (exact) mass is 445 g/mol. The lowest BCUT2D eigenvalue weighted by atomic mass is 9.99. The van der Waals surface area contributed by atoms with Crippen molar-refractivity contribution in [1.82, 2.24) is 10.3 Å². The number of nitrogens with one attached hydrogen (secondary N) is 1. The molecule has 0 saturated carbocycles. The second kappa shape index (κ2) is 10.7. The van der Waals surface area contributed by atoms with Crippen LogP contribution >= 0.6 is 24.0 Å². The van der Waals surface area contributed by atoms with Gasteiger partial charge in [-0.05, 0) is 42.7 Å². The number of aliphatic imine (C=N–C) groups is 1. The number of rotatable bonds is 6. The van der Waals surface area contributed by atoms with E-state index in [1.165, 1.54) is 12.8 Å². The van der Waals surface area contributed by atoms with Crippen molar-refractivity contribution in [1.29, 1.82) is 0 Å². The minimum absolute atomic E-state index is 0. The smallest absolute Gasteiger partial charge is 0.188 e. The highest BCUT2D eigenvalue weighted by atomic mass is 127. The van der Waals surface area contributed by atoms with Crippen LogP contribution in [-0.2, 0) is 6.54 Å². The van der Waals surface area contributed by atoms with E-state index in [1.807, 2.05) is 6.20 Å². The highest BCUT2D eigenvalue weighted by Gasteiger charge is 2.16. The van der Waals surface area contributed by atoms with E-state index >= 15 is 0 Å². The van der Waals surface area contributed by atoms with E-state index in [2.05, 4.69) is 53.1 Å². The van der Waals surface area contributed by atoms with Crippen LogP contribution in [0.15, 0.2) is 23.3 Å². The van der Waals surface area contributed by atoms with Crippen molar-refractivity contribution in [3.05, 3.63) is 23.9 Å². The minimum atomic E-state index is 0. The van der Waals surface area contributed by atoms with Gasteiger partial charge < -0.3 is 16.0 Å². The van der Waals surface area contributed by atoms with Crippen LogP contribution in [0.25, 0.3) is 0 Å². The molecule has 1 fully saturated rings. The van der Waals surface area contributed by atoms with E-state index in [0.29, 0.717) is 18.4 Å². The fraction of sp³-hybridized carbons (Fsp3) is 0.667. The summed E-state index contributed by atoms with van der Waals surface area (Å²) in [6.45, 7) is 10.4. The van der Waals surface area contributed by atoms with Crippen LogP contribution in [0.1, 0.15) is 45.6 Å². The van der Waals surface area contributed by atoms with E-state index < -0.39 is 0 Å². The molecule has 0 radical (unpaired) electrons. The molecule has 0 unspecified atom stereocenters. The first-order chi connectivity index (χ1) is 11.0. The van der Waals surface area contributed by atoms with Crippen LogP contribution in [0.2, 0.25) is 0 Å². The Labute approximate surface area is 163 Å². The van der Waals surface area contributed by atoms with Gasteiger partial charge in [0.15, 0.2) is 5.96 Å². The molecule has 1 saturated heterocycles. The van der Waals surface area contributed by atoms with Gasteiger partial charge in [-0.3, -0.25) is 0 Å². The zero-order valence-corrected chi connectivity index (χ0v) is 17.5. The van der Waals surface area contributed by atoms with Gasteiger partial charge in [-0.15, -0.1) is 24.0 Å². The van der Waals surface area contributed by atoms with Gasteiger partial charge in [-0.25, -0.2) is 9.98 Å². The number of anilines is 1. The van der Waals surface area contributed by atoms with Crippen LogP contribution in [0.5, 0.6) is 0 Å². The Hall–Kier alpha value is -1.05. The molecule has 24 heavy (non-hydrogen) atoms. The van der Waals surface area contributed by atoms with Gasteiger partial charge >= 0.3 is 0 Å². The predicted molar refractivity (Wildman–Crippen MR) is 113 cm³/mol. The van der Waals surface area contributed by atoms with Crippen LogP contribution in [0.3, 0.4) is 0 Å². The van der Waals surface area contributed by atoms with Crippen LogP contribution in [0.4, 0.5) is 5.82 Å². The summed E-state index contributed by atoms with van der Waals surface area (Å²) in [6.07, 6.45) is 5.53. The fourth-order valence-corrected chi connectivity index (χ4v) is 2.66. The second-order valence-electron chi connectivity index (χ2n) is 7.00. The van der Waals surface area contributed by atoms with Gasteiger partial charge in [0.2, 0.25) is 0 Å². The Kier molecular flexibility index (Phi) is 9.39. The summed E-state index contributed by atoms with van der Waals surface area (Å²) in [5, 5.41) is 3.15. The minimum Gasteiger partial charge on any atom is -0.370 e. The molecule has 0 bridgehead atoms. The molecule has 136 valence electrons. The number of nitrogens with two attached hydrogens (primary N) is 1. The molecule has 3 N–H and O–H groups in total. The summed E-state index contributed by atoms with van der Waals surface area (Å²) in [4.78, 5) is 11.3. The molecule has 1 aromatic heterocycles. The summed E-state index contributed by atoms with van der Waals surface area (Å²) in [5.74, 6) is 3.10. The normalized spacial score (nSPS) is 16.2. The molecule has 0 atom stereocenters. The zero-order valence-electron chi connectivity index (χ0n) is 15.2. The zero-order chi connectivity index (χ0) is 16.7. The number of halogens is 1. The Balaban J connectivity index is 0.00000288. The largest absolute Gasteiger partial charge is 0.370 e. The highest BCUT2D eigenvalue weighted by Crippen LogP contribution is 2.21. The molecule has 0 amide bonds. The van der Waals surface area contributed by atoms with Crippen molar-refractivity contribution in [2.75, 3.05) is 24.5 Å². The Bertz CT molecular complexity index is 493. The van der Waals surface area contributed by atoms with Gasteiger partial charge in [-0.2, -0.15) is 0 Å². The van der Waals surface area contributed by atoms with Crippen molar-refractivity contribution in [2.45, 2.75) is 46.6 Å². The molecule has 0 spiro atoms. The van der Waals surface area contributed by atoms with Crippen LogP contribution < -0.4 is 16.0 Å². The standard InChI is InChI=1S/C18H31N5.HI/c1-14(2)6-9-20-18(19)22-13-16-4-5-17(21-12-16)23-10-7-15(3)8-11-23;/h4-5,12,14-15H,6-11,13H2,1-3H3,(H3,19,20,22);1H. The molecule has 1 aliphatic heterocycles. The van der Waals surface area contributed by atoms with E-state index in [4.69, 9.17) is 5.73 Å². The van der Waals surface area contributed by atoms with Crippen LogP contribution in [0, 0.1) is 11.8 Å². The number of hydrogen-bond acceptors (Lipinski definition) is 3. The third kappa shape index (κ3) is 7.23. The third-order valence-corrected chi connectivity index (χ3v) is 4.38. The van der Waals surface area contributed by atoms with Crippen LogP contribution in [-0.4, -0.2) is 30.6 Å². The number of aromatic nitrogens is 1. The predicted octanol–water partition coefficient (Wildman–Crippen LogP) is 3.39. The lowest BCUT2D eigenvalue weighted by Gasteiger charge is -2.31. The summed E-state index contributed by atoms with van der Waals surface area (Å²) >= 11 is 0. The SMILES string of the molecule is CC(C)CCNC(N)=NCc1ccc(N2CCC(C)CC2)nc1.I. The van der Waals surface area contributed by atoms with E-state index in [0.717, 1.165) is 43.4 Å². The molecule has 1 aliphatic rings. The van der Waals surface area contributed by atoms with Gasteiger partial charge in [0.05, 0.1) is 6.54 Å². The van der Waals surface area contributed by atoms with Crippen molar-refractivity contribution < 1.29 is 0 Å². The first-order valence-corrected chi connectivity index (χ1v) is 8.78. The summed E-state index contributed by atoms with van der Waals surface area (Å²) in [5.41, 5.74) is 6.97. The average Bonchev–Trinajstić information content (AvgIpc) is 2.54. The summed E-state index contributed by atoms with van der Waals surface area (Å²) in [7, 11) is 0. The molecular formula is C18H32IN5. The Morgan fingerprint density at radius 2 is 2.08 bits per heavy atom. The average molecular weight is 445 g/mol. The number of pyridine rings is 1. The van der Waals surface area contributed by atoms with Gasteiger partial charge in [0.25, 0.3) is 0 Å². The Morgan fingerprint density at radius 1 is 1.38 bits per heavy atom.